The first kappa shape index (κ1) is 15.5. The Bertz CT molecular complexity index is 441. The van der Waals surface area contributed by atoms with E-state index in [1.165, 1.54) is 41.6 Å². The molecule has 1 saturated heterocycles. The Morgan fingerprint density at radius 3 is 2.25 bits per heavy atom. The Labute approximate surface area is 124 Å². The maximum absolute atomic E-state index is 6.57. The minimum Gasteiger partial charge on any atom is -0.326 e. The minimum absolute atomic E-state index is 0.250. The second-order valence-corrected chi connectivity index (χ2v) is 6.75. The van der Waals surface area contributed by atoms with Crippen molar-refractivity contribution < 1.29 is 0 Å². The number of rotatable bonds is 2. The first-order chi connectivity index (χ1) is 9.41. The van der Waals surface area contributed by atoms with Crippen LogP contribution in [0.5, 0.6) is 0 Å². The number of aryl methyl sites for hydroxylation is 3. The Balaban J connectivity index is 2.49. The molecule has 0 bridgehead atoms. The smallest absolute Gasteiger partial charge is 0.0507 e. The van der Waals surface area contributed by atoms with E-state index in [4.69, 9.17) is 5.73 Å². The topological polar surface area (TPSA) is 29.3 Å². The molecule has 2 rings (SSSR count). The van der Waals surface area contributed by atoms with E-state index in [1.54, 1.807) is 0 Å². The molecule has 1 aliphatic rings. The van der Waals surface area contributed by atoms with Gasteiger partial charge in [0.25, 0.3) is 0 Å². The van der Waals surface area contributed by atoms with Gasteiger partial charge in [-0.05, 0) is 70.7 Å². The van der Waals surface area contributed by atoms with Crippen LogP contribution in [0.1, 0.15) is 61.4 Å². The number of hydrogen-bond donors (Lipinski definition) is 1. The van der Waals surface area contributed by atoms with Crippen LogP contribution >= 0.6 is 0 Å². The van der Waals surface area contributed by atoms with E-state index in [0.29, 0.717) is 12.1 Å². The monoisotopic (exact) mass is 274 g/mol. The predicted molar refractivity (Wildman–Crippen MR) is 87.1 cm³/mol. The summed E-state index contributed by atoms with van der Waals surface area (Å²) in [5, 5.41) is 0. The molecule has 1 aromatic rings. The summed E-state index contributed by atoms with van der Waals surface area (Å²) in [7, 11) is 0. The lowest BCUT2D eigenvalue weighted by Gasteiger charge is -2.38. The average Bonchev–Trinajstić information content (AvgIpc) is 2.51. The van der Waals surface area contributed by atoms with Crippen LogP contribution in [0.4, 0.5) is 0 Å². The van der Waals surface area contributed by atoms with E-state index >= 15 is 0 Å². The molecule has 1 fully saturated rings. The van der Waals surface area contributed by atoms with E-state index in [-0.39, 0.29) is 6.04 Å². The van der Waals surface area contributed by atoms with Gasteiger partial charge in [0.15, 0.2) is 0 Å². The summed E-state index contributed by atoms with van der Waals surface area (Å²) >= 11 is 0. The van der Waals surface area contributed by atoms with Gasteiger partial charge in [-0.1, -0.05) is 24.1 Å². The van der Waals surface area contributed by atoms with E-state index in [2.05, 4.69) is 51.7 Å². The lowest BCUT2D eigenvalue weighted by Crippen LogP contribution is -2.43. The molecule has 2 heteroatoms. The van der Waals surface area contributed by atoms with Crippen molar-refractivity contribution in [2.24, 2.45) is 5.73 Å². The Morgan fingerprint density at radius 1 is 1.10 bits per heavy atom. The van der Waals surface area contributed by atoms with Gasteiger partial charge in [0.1, 0.15) is 0 Å². The summed E-state index contributed by atoms with van der Waals surface area (Å²) in [5.74, 6) is 0. The second kappa shape index (κ2) is 6.28. The number of likely N-dealkylation sites (tertiary alicyclic amines) is 1. The van der Waals surface area contributed by atoms with Crippen molar-refractivity contribution in [1.82, 2.24) is 4.90 Å². The third-order valence-corrected chi connectivity index (χ3v) is 4.66. The predicted octanol–water partition coefficient (Wildman–Crippen LogP) is 3.87. The molecule has 1 heterocycles. The third kappa shape index (κ3) is 3.07. The molecular formula is C18H30N2. The maximum atomic E-state index is 6.57. The highest BCUT2D eigenvalue weighted by molar-refractivity contribution is 5.40. The van der Waals surface area contributed by atoms with Crippen LogP contribution in [0.2, 0.25) is 0 Å². The zero-order valence-corrected chi connectivity index (χ0v) is 13.7. The van der Waals surface area contributed by atoms with Crippen molar-refractivity contribution in [1.29, 1.82) is 0 Å². The highest BCUT2D eigenvalue weighted by atomic mass is 15.2. The van der Waals surface area contributed by atoms with Gasteiger partial charge in [0, 0.05) is 12.1 Å². The van der Waals surface area contributed by atoms with Gasteiger partial charge in [-0.15, -0.1) is 0 Å². The fraction of sp³-hybridized carbons (Fsp3) is 0.667. The standard InChI is InChI=1S/C18H30N2/c1-12(2)20-9-7-6-8-16(19)18(20)17-14(4)10-13(3)11-15(17)5/h10-12,16,18H,6-9,19H2,1-5H3. The molecule has 1 aromatic carbocycles. The van der Waals surface area contributed by atoms with Gasteiger partial charge in [0.05, 0.1) is 6.04 Å². The maximum Gasteiger partial charge on any atom is 0.0507 e. The van der Waals surface area contributed by atoms with Gasteiger partial charge in [-0.25, -0.2) is 0 Å². The highest BCUT2D eigenvalue weighted by Crippen LogP contribution is 2.35. The van der Waals surface area contributed by atoms with Crippen LogP contribution in [0.15, 0.2) is 12.1 Å². The van der Waals surface area contributed by atoms with Gasteiger partial charge < -0.3 is 5.73 Å². The quantitative estimate of drug-likeness (QED) is 0.887. The van der Waals surface area contributed by atoms with Crippen molar-refractivity contribution >= 4 is 0 Å². The number of nitrogens with two attached hydrogens (primary N) is 1. The molecule has 0 amide bonds. The van der Waals surface area contributed by atoms with Crippen molar-refractivity contribution in [3.8, 4) is 0 Å². The molecule has 2 unspecified atom stereocenters. The van der Waals surface area contributed by atoms with Gasteiger partial charge in [-0.2, -0.15) is 0 Å². The third-order valence-electron chi connectivity index (χ3n) is 4.66. The SMILES string of the molecule is Cc1cc(C)c(C2C(N)CCCCN2C(C)C)c(C)c1. The summed E-state index contributed by atoms with van der Waals surface area (Å²) in [4.78, 5) is 2.61. The zero-order chi connectivity index (χ0) is 14.9. The fourth-order valence-electron chi connectivity index (χ4n) is 3.83. The molecule has 0 aliphatic carbocycles. The molecule has 20 heavy (non-hydrogen) atoms. The number of nitrogens with zero attached hydrogens (tertiary/aromatic N) is 1. The van der Waals surface area contributed by atoms with Crippen molar-refractivity contribution in [2.75, 3.05) is 6.54 Å². The van der Waals surface area contributed by atoms with E-state index in [1.807, 2.05) is 0 Å². The van der Waals surface area contributed by atoms with Crippen molar-refractivity contribution in [3.05, 3.63) is 34.4 Å². The van der Waals surface area contributed by atoms with Crippen molar-refractivity contribution in [2.45, 2.75) is 72.0 Å². The molecule has 0 spiro atoms. The lowest BCUT2D eigenvalue weighted by atomic mass is 9.88. The molecule has 112 valence electrons. The Hall–Kier alpha value is -0.860. The van der Waals surface area contributed by atoms with Crippen LogP contribution in [-0.2, 0) is 0 Å². The molecule has 0 aromatic heterocycles. The van der Waals surface area contributed by atoms with E-state index < -0.39 is 0 Å². The van der Waals surface area contributed by atoms with E-state index in [9.17, 15) is 0 Å². The normalized spacial score (nSPS) is 24.9. The summed E-state index contributed by atoms with van der Waals surface area (Å²) in [6.07, 6.45) is 3.66. The van der Waals surface area contributed by atoms with Gasteiger partial charge in [0.2, 0.25) is 0 Å². The first-order valence-corrected chi connectivity index (χ1v) is 8.01. The summed E-state index contributed by atoms with van der Waals surface area (Å²) in [6, 6.07) is 5.78. The van der Waals surface area contributed by atoms with E-state index in [0.717, 1.165) is 6.42 Å². The largest absolute Gasteiger partial charge is 0.326 e. The Morgan fingerprint density at radius 2 is 1.70 bits per heavy atom. The summed E-state index contributed by atoms with van der Waals surface area (Å²) in [5.41, 5.74) is 12.2. The first-order valence-electron chi connectivity index (χ1n) is 8.01. The molecule has 0 saturated carbocycles. The van der Waals surface area contributed by atoms with Crippen molar-refractivity contribution in [3.63, 3.8) is 0 Å². The van der Waals surface area contributed by atoms with Crippen LogP contribution in [-0.4, -0.2) is 23.5 Å². The fourth-order valence-corrected chi connectivity index (χ4v) is 3.83. The van der Waals surface area contributed by atoms with Gasteiger partial charge in [-0.3, -0.25) is 4.90 Å². The molecular weight excluding hydrogens is 244 g/mol. The molecule has 1 aliphatic heterocycles. The molecule has 2 nitrogen and oxygen atoms in total. The molecule has 2 atom stereocenters. The van der Waals surface area contributed by atoms with Crippen LogP contribution in [0.25, 0.3) is 0 Å². The number of benzene rings is 1. The second-order valence-electron chi connectivity index (χ2n) is 6.75. The molecule has 2 N–H and O–H groups in total. The summed E-state index contributed by atoms with van der Waals surface area (Å²) in [6.45, 7) is 12.4. The van der Waals surface area contributed by atoms with Crippen LogP contribution in [0, 0.1) is 20.8 Å². The molecule has 0 radical (unpaired) electrons. The van der Waals surface area contributed by atoms with Crippen LogP contribution in [0.3, 0.4) is 0 Å². The van der Waals surface area contributed by atoms with Crippen LogP contribution < -0.4 is 5.73 Å². The number of hydrogen-bond acceptors (Lipinski definition) is 2. The minimum atomic E-state index is 0.250. The highest BCUT2D eigenvalue weighted by Gasteiger charge is 2.32. The zero-order valence-electron chi connectivity index (χ0n) is 13.7. The lowest BCUT2D eigenvalue weighted by molar-refractivity contribution is 0.143. The Kier molecular flexibility index (Phi) is 4.87. The average molecular weight is 274 g/mol. The van der Waals surface area contributed by atoms with Gasteiger partial charge >= 0.3 is 0 Å². The summed E-state index contributed by atoms with van der Waals surface area (Å²) < 4.78 is 0.